The van der Waals surface area contributed by atoms with Crippen LogP contribution in [0.1, 0.15) is 35.3 Å². The largest absolute Gasteiger partial charge is 0.480 e. The Bertz CT molecular complexity index is 1220. The van der Waals surface area contributed by atoms with E-state index in [2.05, 4.69) is 29.2 Å². The van der Waals surface area contributed by atoms with Gasteiger partial charge < -0.3 is 10.1 Å². The lowest BCUT2D eigenvalue weighted by molar-refractivity contribution is -0.154. The number of aromatic nitrogens is 1. The van der Waals surface area contributed by atoms with E-state index >= 15 is 0 Å². The first-order valence-corrected chi connectivity index (χ1v) is 12.5. The molecule has 2 bridgehead atoms. The van der Waals surface area contributed by atoms with Crippen molar-refractivity contribution in [2.45, 2.75) is 42.5 Å². The minimum Gasteiger partial charge on any atom is -0.480 e. The number of aryl methyl sites for hydroxylation is 1. The van der Waals surface area contributed by atoms with Gasteiger partial charge in [0, 0.05) is 16.0 Å². The highest BCUT2D eigenvalue weighted by Crippen LogP contribution is 2.68. The van der Waals surface area contributed by atoms with Crippen LogP contribution in [0.5, 0.6) is 0 Å². The fraction of sp³-hybridized carbons (Fsp3) is 0.478. The van der Waals surface area contributed by atoms with E-state index in [-0.39, 0.29) is 45.6 Å². The minimum absolute atomic E-state index is 0.00148. The number of thiazole rings is 1. The van der Waals surface area contributed by atoms with Crippen molar-refractivity contribution in [2.24, 2.45) is 29.6 Å². The van der Waals surface area contributed by atoms with Gasteiger partial charge in [0.1, 0.15) is 6.04 Å². The second-order valence-electron chi connectivity index (χ2n) is 9.43. The number of nitrogens with zero attached hydrogens (tertiary/aromatic N) is 1. The third-order valence-electron chi connectivity index (χ3n) is 7.94. The molecule has 1 aromatic heterocycles. The summed E-state index contributed by atoms with van der Waals surface area (Å²) in [6.45, 7) is 3.44. The van der Waals surface area contributed by atoms with Crippen LogP contribution < -0.4 is 4.87 Å². The van der Waals surface area contributed by atoms with Gasteiger partial charge in [-0.25, -0.2) is 4.79 Å². The lowest BCUT2D eigenvalue weighted by Gasteiger charge is -2.43. The quantitative estimate of drug-likeness (QED) is 0.668. The number of imide groups is 1. The average molecular weight is 471 g/mol. The predicted molar refractivity (Wildman–Crippen MR) is 119 cm³/mol. The monoisotopic (exact) mass is 470 g/mol. The maximum atomic E-state index is 13.3. The molecule has 1 aromatic carbocycles. The molecule has 0 radical (unpaired) electrons. The number of thioether (sulfide) groups is 1. The van der Waals surface area contributed by atoms with E-state index in [9.17, 15) is 24.3 Å². The topological polar surface area (TPSA) is 108 Å². The first-order valence-electron chi connectivity index (χ1n) is 10.8. The van der Waals surface area contributed by atoms with Crippen LogP contribution in [0.2, 0.25) is 0 Å². The van der Waals surface area contributed by atoms with Crippen LogP contribution in [0.4, 0.5) is 0 Å². The summed E-state index contributed by atoms with van der Waals surface area (Å²) in [5.74, 6) is -2.61. The van der Waals surface area contributed by atoms with Crippen LogP contribution in [-0.2, 0) is 14.4 Å². The summed E-state index contributed by atoms with van der Waals surface area (Å²) in [4.78, 5) is 55.3. The number of nitrogens with one attached hydrogen (secondary N) is 1. The molecule has 2 aromatic rings. The van der Waals surface area contributed by atoms with Crippen molar-refractivity contribution in [3.63, 3.8) is 0 Å². The van der Waals surface area contributed by atoms with E-state index in [1.165, 1.54) is 18.3 Å². The van der Waals surface area contributed by atoms with E-state index in [1.807, 2.05) is 6.92 Å². The molecule has 0 unspecified atom stereocenters. The summed E-state index contributed by atoms with van der Waals surface area (Å²) in [6.07, 6.45) is 0.798. The molecule has 9 heteroatoms. The number of carbonyl (C=O) groups excluding carboxylic acids is 2. The standard InChI is InChI=1S/C23H22N2O5S2/c1-8-3-5-10(6-4-8)13-14-11-7-12(17(14)31-19-18(13)32-23(30)24-19)16-15(11)20(26)25(21(16)27)9(2)22(28)29/h3-6,9,11-17H,7H2,1-2H3,(H,24,30)(H,28,29)/t9-,11-,12+,13+,14+,15+,16+,17+/m0/s1. The van der Waals surface area contributed by atoms with Gasteiger partial charge in [0.05, 0.1) is 16.9 Å². The normalized spacial score (nSPS) is 35.6. The maximum absolute atomic E-state index is 13.3. The highest BCUT2D eigenvalue weighted by Gasteiger charge is 2.70. The average Bonchev–Trinajstić information content (AvgIpc) is 3.47. The Kier molecular flexibility index (Phi) is 4.30. The highest BCUT2D eigenvalue weighted by molar-refractivity contribution is 8.00. The zero-order chi connectivity index (χ0) is 22.5. The van der Waals surface area contributed by atoms with E-state index in [1.54, 1.807) is 11.8 Å². The van der Waals surface area contributed by atoms with Crippen molar-refractivity contribution in [3.05, 3.63) is 49.9 Å². The number of fused-ring (bicyclic) bond motifs is 9. The van der Waals surface area contributed by atoms with Gasteiger partial charge >= 0.3 is 10.8 Å². The Labute approximate surface area is 192 Å². The number of carboxylic acid groups (broad SMARTS) is 1. The summed E-state index contributed by atoms with van der Waals surface area (Å²) in [5, 5.41) is 10.4. The zero-order valence-electron chi connectivity index (χ0n) is 17.5. The van der Waals surface area contributed by atoms with E-state index in [4.69, 9.17) is 0 Å². The first-order chi connectivity index (χ1) is 15.3. The number of hydrogen-bond acceptors (Lipinski definition) is 6. The number of carboxylic acids is 1. The van der Waals surface area contributed by atoms with Gasteiger partial charge in [0.2, 0.25) is 11.8 Å². The van der Waals surface area contributed by atoms with E-state index in [0.717, 1.165) is 32.4 Å². The second kappa shape index (κ2) is 6.81. The number of carbonyl (C=O) groups is 3. The molecule has 2 aliphatic heterocycles. The molecular weight excluding hydrogens is 448 g/mol. The molecule has 3 heterocycles. The van der Waals surface area contributed by atoms with Gasteiger partial charge in [-0.15, -0.1) is 11.8 Å². The van der Waals surface area contributed by atoms with E-state index in [0.29, 0.717) is 0 Å². The van der Waals surface area contributed by atoms with Crippen LogP contribution in [-0.4, -0.2) is 44.1 Å². The minimum atomic E-state index is -1.16. The van der Waals surface area contributed by atoms with Crippen molar-refractivity contribution >= 4 is 40.9 Å². The van der Waals surface area contributed by atoms with Gasteiger partial charge in [-0.1, -0.05) is 41.2 Å². The summed E-state index contributed by atoms with van der Waals surface area (Å²) in [6, 6.07) is 7.19. The summed E-state index contributed by atoms with van der Waals surface area (Å²) in [7, 11) is 0. The number of aromatic amines is 1. The van der Waals surface area contributed by atoms with Crippen LogP contribution in [0.3, 0.4) is 0 Å². The number of amides is 2. The van der Waals surface area contributed by atoms with Crippen LogP contribution in [0, 0.1) is 36.5 Å². The fourth-order valence-electron chi connectivity index (χ4n) is 6.68. The van der Waals surface area contributed by atoms with Crippen molar-refractivity contribution < 1.29 is 19.5 Å². The Morgan fingerprint density at radius 2 is 1.78 bits per heavy atom. The Balaban J connectivity index is 1.45. The molecule has 2 N–H and O–H groups in total. The first kappa shape index (κ1) is 20.2. The van der Waals surface area contributed by atoms with Crippen LogP contribution in [0.25, 0.3) is 0 Å². The molecule has 6 rings (SSSR count). The smallest absolute Gasteiger partial charge is 0.326 e. The zero-order valence-corrected chi connectivity index (χ0v) is 19.1. The maximum Gasteiger partial charge on any atom is 0.326 e. The van der Waals surface area contributed by atoms with Gasteiger partial charge in [-0.2, -0.15) is 0 Å². The molecule has 2 amide bonds. The summed E-state index contributed by atoms with van der Waals surface area (Å²) in [5.41, 5.74) is 2.28. The Morgan fingerprint density at radius 3 is 2.44 bits per heavy atom. The number of aliphatic carboxylic acids is 1. The Hall–Kier alpha value is -2.39. The molecule has 2 aliphatic carbocycles. The third-order valence-corrected chi connectivity index (χ3v) is 10.5. The van der Waals surface area contributed by atoms with E-state index < -0.39 is 23.8 Å². The molecule has 0 spiro atoms. The Morgan fingerprint density at radius 1 is 1.12 bits per heavy atom. The number of rotatable bonds is 3. The predicted octanol–water partition coefficient (Wildman–Crippen LogP) is 2.69. The highest BCUT2D eigenvalue weighted by atomic mass is 32.2. The molecule has 32 heavy (non-hydrogen) atoms. The van der Waals surface area contributed by atoms with Crippen molar-refractivity contribution in [2.75, 3.05) is 0 Å². The number of benzene rings is 1. The molecule has 1 saturated heterocycles. The number of H-pyrrole nitrogens is 1. The molecule has 7 nitrogen and oxygen atoms in total. The van der Waals surface area contributed by atoms with Crippen molar-refractivity contribution in [1.82, 2.24) is 9.88 Å². The van der Waals surface area contributed by atoms with Gasteiger partial charge in [-0.3, -0.25) is 19.3 Å². The molecular formula is C23H22N2O5S2. The third kappa shape index (κ3) is 2.55. The summed E-state index contributed by atoms with van der Waals surface area (Å²) >= 11 is 2.88. The second-order valence-corrected chi connectivity index (χ2v) is 11.6. The lowest BCUT2D eigenvalue weighted by atomic mass is 9.68. The van der Waals surface area contributed by atoms with Crippen LogP contribution >= 0.6 is 23.1 Å². The van der Waals surface area contributed by atoms with Gasteiger partial charge in [0.25, 0.3) is 0 Å². The number of likely N-dealkylation sites (tertiary alicyclic amines) is 1. The molecule has 2 saturated carbocycles. The molecule has 3 fully saturated rings. The molecule has 166 valence electrons. The molecule has 4 aliphatic rings. The lowest BCUT2D eigenvalue weighted by Crippen LogP contribution is -2.44. The number of hydrogen-bond donors (Lipinski definition) is 2. The van der Waals surface area contributed by atoms with Crippen molar-refractivity contribution in [1.29, 1.82) is 0 Å². The summed E-state index contributed by atoms with van der Waals surface area (Å²) < 4.78 is 0. The van der Waals surface area contributed by atoms with Gasteiger partial charge in [-0.05, 0) is 43.6 Å². The van der Waals surface area contributed by atoms with Crippen molar-refractivity contribution in [3.8, 4) is 0 Å². The fourth-order valence-corrected chi connectivity index (χ4v) is 9.57. The van der Waals surface area contributed by atoms with Gasteiger partial charge in [0.15, 0.2) is 0 Å². The van der Waals surface area contributed by atoms with Crippen LogP contribution in [0.15, 0.2) is 34.1 Å². The SMILES string of the molecule is Cc1ccc([C@H]2c3sc(=O)[nH]c3S[C@@H]3[C@@H]4C[C@H]([C@H]5C(=O)N([C@@H](C)C(=O)O)C(=O)[C@H]45)[C@H]23)cc1. The molecule has 8 atom stereocenters.